The number of morpholine rings is 1. The van der Waals surface area contributed by atoms with E-state index in [0.29, 0.717) is 0 Å². The Labute approximate surface area is 52.4 Å². The Hall–Kier alpha value is -0.220. The molecule has 0 aliphatic carbocycles. The van der Waals surface area contributed by atoms with Crippen molar-refractivity contribution in [2.24, 2.45) is 0 Å². The van der Waals surface area contributed by atoms with E-state index in [4.69, 9.17) is 0 Å². The lowest BCUT2D eigenvalue weighted by atomic mass is 10.4. The van der Waals surface area contributed by atoms with Gasteiger partial charge in [-0.25, -0.2) is 8.78 Å². The van der Waals surface area contributed by atoms with Crippen molar-refractivity contribution in [2.75, 3.05) is 20.1 Å². The van der Waals surface area contributed by atoms with Crippen molar-refractivity contribution in [1.82, 2.24) is 4.90 Å². The summed E-state index contributed by atoms with van der Waals surface area (Å²) in [5, 5.41) is 0. The number of likely N-dealkylation sites (N-methyl/N-ethyl adjacent to an activating group) is 1. The fourth-order valence-electron chi connectivity index (χ4n) is 0.811. The fourth-order valence-corrected chi connectivity index (χ4v) is 0.811. The zero-order valence-corrected chi connectivity index (χ0v) is 5.18. The maximum atomic E-state index is 12.2. The predicted octanol–water partition coefficient (Wildman–Crippen LogP) is 0.540. The average Bonchev–Trinajstić information content (AvgIpc) is 1.59. The molecule has 0 amide bonds. The first-order valence-electron chi connectivity index (χ1n) is 2.80. The topological polar surface area (TPSA) is 12.5 Å². The van der Waals surface area contributed by atoms with Crippen molar-refractivity contribution in [3.63, 3.8) is 0 Å². The van der Waals surface area contributed by atoms with Gasteiger partial charge < -0.3 is 4.74 Å². The van der Waals surface area contributed by atoms with Gasteiger partial charge in [0.1, 0.15) is 0 Å². The molecule has 9 heavy (non-hydrogen) atoms. The van der Waals surface area contributed by atoms with Crippen LogP contribution < -0.4 is 0 Å². The van der Waals surface area contributed by atoms with Crippen molar-refractivity contribution in [2.45, 2.75) is 12.7 Å². The molecule has 0 N–H and O–H groups in total. The second kappa shape index (κ2) is 2.58. The molecular weight excluding hydrogens is 128 g/mol. The summed E-state index contributed by atoms with van der Waals surface area (Å²) in [5.74, 6) is 0. The highest BCUT2D eigenvalue weighted by molar-refractivity contribution is 4.62. The first-order valence-corrected chi connectivity index (χ1v) is 2.80. The van der Waals surface area contributed by atoms with Crippen LogP contribution in [0.4, 0.5) is 8.78 Å². The molecule has 1 saturated heterocycles. The molecule has 0 aromatic heterocycles. The standard InChI is InChI=1S/C5H9F2NO/c1-8-2-4(6)9-5(7)3-8/h4-5H,2-3H2,1H3. The van der Waals surface area contributed by atoms with Crippen molar-refractivity contribution in [1.29, 1.82) is 0 Å². The van der Waals surface area contributed by atoms with E-state index in [-0.39, 0.29) is 13.1 Å². The lowest BCUT2D eigenvalue weighted by Gasteiger charge is -2.27. The molecule has 0 spiro atoms. The Morgan fingerprint density at radius 3 is 2.11 bits per heavy atom. The van der Waals surface area contributed by atoms with E-state index in [0.717, 1.165) is 0 Å². The largest absolute Gasteiger partial charge is 0.311 e. The Morgan fingerprint density at radius 2 is 1.78 bits per heavy atom. The third-order valence-electron chi connectivity index (χ3n) is 1.21. The van der Waals surface area contributed by atoms with E-state index in [9.17, 15) is 8.78 Å². The molecule has 2 nitrogen and oxygen atoms in total. The molecular formula is C5H9F2NO. The summed E-state index contributed by atoms with van der Waals surface area (Å²) in [6.07, 6.45) is -2.92. The summed E-state index contributed by atoms with van der Waals surface area (Å²) in [6.45, 7) is 0.334. The smallest absolute Gasteiger partial charge is 0.214 e. The van der Waals surface area contributed by atoms with Crippen LogP contribution in [0.5, 0.6) is 0 Å². The van der Waals surface area contributed by atoms with Gasteiger partial charge in [0.2, 0.25) is 12.7 Å². The predicted molar refractivity (Wildman–Crippen MR) is 28.4 cm³/mol. The van der Waals surface area contributed by atoms with Crippen LogP contribution in [0.25, 0.3) is 0 Å². The Morgan fingerprint density at radius 1 is 1.33 bits per heavy atom. The Bertz CT molecular complexity index is 75.9. The summed E-state index contributed by atoms with van der Waals surface area (Å²) in [7, 11) is 1.65. The van der Waals surface area contributed by atoms with E-state index in [1.807, 2.05) is 0 Å². The molecule has 1 heterocycles. The SMILES string of the molecule is CN1CC(F)OC(F)C1. The normalized spacial score (nSPS) is 39.0. The third kappa shape index (κ3) is 1.87. The Balaban J connectivity index is 2.34. The zero-order valence-electron chi connectivity index (χ0n) is 5.18. The molecule has 2 atom stereocenters. The van der Waals surface area contributed by atoms with E-state index in [2.05, 4.69) is 4.74 Å². The van der Waals surface area contributed by atoms with Crippen LogP contribution in [0.1, 0.15) is 0 Å². The number of hydrogen-bond acceptors (Lipinski definition) is 2. The van der Waals surface area contributed by atoms with Crippen LogP contribution in [0, 0.1) is 0 Å². The summed E-state index contributed by atoms with van der Waals surface area (Å²) in [5.41, 5.74) is 0. The minimum Gasteiger partial charge on any atom is -0.311 e. The number of alkyl halides is 2. The Kier molecular flexibility index (Phi) is 1.97. The summed E-state index contributed by atoms with van der Waals surface area (Å²) in [4.78, 5) is 1.55. The van der Waals surface area contributed by atoms with Gasteiger partial charge in [0, 0.05) is 0 Å². The molecule has 0 radical (unpaired) electrons. The number of hydrogen-bond donors (Lipinski definition) is 0. The lowest BCUT2D eigenvalue weighted by molar-refractivity contribution is -0.185. The first kappa shape index (κ1) is 6.89. The molecule has 1 aliphatic rings. The van der Waals surface area contributed by atoms with Crippen LogP contribution in [0.2, 0.25) is 0 Å². The third-order valence-corrected chi connectivity index (χ3v) is 1.21. The molecule has 2 unspecified atom stereocenters. The van der Waals surface area contributed by atoms with Gasteiger partial charge in [0.05, 0.1) is 13.1 Å². The number of ether oxygens (including phenoxy) is 1. The van der Waals surface area contributed by atoms with Crippen LogP contribution in [0.3, 0.4) is 0 Å². The van der Waals surface area contributed by atoms with Crippen molar-refractivity contribution < 1.29 is 13.5 Å². The van der Waals surface area contributed by atoms with Crippen molar-refractivity contribution in [3.05, 3.63) is 0 Å². The average molecular weight is 137 g/mol. The quantitative estimate of drug-likeness (QED) is 0.483. The van der Waals surface area contributed by atoms with Gasteiger partial charge in [-0.2, -0.15) is 0 Å². The van der Waals surface area contributed by atoms with Gasteiger partial charge in [0.25, 0.3) is 0 Å². The number of nitrogens with zero attached hydrogens (tertiary/aromatic N) is 1. The van der Waals surface area contributed by atoms with E-state index >= 15 is 0 Å². The molecule has 54 valence electrons. The highest BCUT2D eigenvalue weighted by Crippen LogP contribution is 2.10. The van der Waals surface area contributed by atoms with Gasteiger partial charge in [-0.3, -0.25) is 4.90 Å². The second-order valence-electron chi connectivity index (χ2n) is 2.18. The van der Waals surface area contributed by atoms with Gasteiger partial charge in [0.15, 0.2) is 0 Å². The molecule has 0 saturated carbocycles. The van der Waals surface area contributed by atoms with E-state index in [1.54, 1.807) is 11.9 Å². The maximum Gasteiger partial charge on any atom is 0.214 e. The summed E-state index contributed by atoms with van der Waals surface area (Å²) < 4.78 is 28.5. The van der Waals surface area contributed by atoms with E-state index < -0.39 is 12.7 Å². The van der Waals surface area contributed by atoms with Crippen LogP contribution >= 0.6 is 0 Å². The minimum atomic E-state index is -1.46. The summed E-state index contributed by atoms with van der Waals surface area (Å²) >= 11 is 0. The highest BCUT2D eigenvalue weighted by atomic mass is 19.2. The zero-order chi connectivity index (χ0) is 6.85. The first-order chi connectivity index (χ1) is 4.18. The maximum absolute atomic E-state index is 12.2. The highest BCUT2D eigenvalue weighted by Gasteiger charge is 2.24. The molecule has 0 aromatic rings. The lowest BCUT2D eigenvalue weighted by Crippen LogP contribution is -2.41. The second-order valence-corrected chi connectivity index (χ2v) is 2.18. The van der Waals surface area contributed by atoms with Gasteiger partial charge in [-0.05, 0) is 7.05 Å². The van der Waals surface area contributed by atoms with Crippen molar-refractivity contribution >= 4 is 0 Å². The van der Waals surface area contributed by atoms with Gasteiger partial charge >= 0.3 is 0 Å². The van der Waals surface area contributed by atoms with Gasteiger partial charge in [-0.15, -0.1) is 0 Å². The fraction of sp³-hybridized carbons (Fsp3) is 1.00. The minimum absolute atomic E-state index is 0.167. The van der Waals surface area contributed by atoms with Crippen LogP contribution in [-0.2, 0) is 4.74 Å². The summed E-state index contributed by atoms with van der Waals surface area (Å²) in [6, 6.07) is 0. The van der Waals surface area contributed by atoms with Crippen molar-refractivity contribution in [3.8, 4) is 0 Å². The molecule has 1 aliphatic heterocycles. The number of halogens is 2. The van der Waals surface area contributed by atoms with E-state index in [1.165, 1.54) is 0 Å². The molecule has 1 rings (SSSR count). The monoisotopic (exact) mass is 137 g/mol. The molecule has 0 bridgehead atoms. The molecule has 1 fully saturated rings. The molecule has 4 heteroatoms. The van der Waals surface area contributed by atoms with Crippen LogP contribution in [-0.4, -0.2) is 37.8 Å². The van der Waals surface area contributed by atoms with Gasteiger partial charge in [-0.1, -0.05) is 0 Å². The van der Waals surface area contributed by atoms with Crippen LogP contribution in [0.15, 0.2) is 0 Å². The molecule has 0 aromatic carbocycles. The number of rotatable bonds is 0.